The molecule has 0 spiro atoms. The highest BCUT2D eigenvalue weighted by Gasteiger charge is 2.15. The van der Waals surface area contributed by atoms with Crippen LogP contribution in [0.5, 0.6) is 0 Å². The van der Waals surface area contributed by atoms with Crippen molar-refractivity contribution in [3.8, 4) is 16.9 Å². The van der Waals surface area contributed by atoms with Crippen LogP contribution >= 0.6 is 11.6 Å². The van der Waals surface area contributed by atoms with Crippen LogP contribution in [0.2, 0.25) is 5.28 Å². The topological polar surface area (TPSA) is 69.4 Å². The van der Waals surface area contributed by atoms with Crippen molar-refractivity contribution in [3.63, 3.8) is 0 Å². The van der Waals surface area contributed by atoms with E-state index in [-0.39, 0.29) is 5.28 Å². The maximum atomic E-state index is 6.12. The molecule has 0 fully saturated rings. The van der Waals surface area contributed by atoms with Crippen LogP contribution in [0.25, 0.3) is 28.1 Å². The highest BCUT2D eigenvalue weighted by molar-refractivity contribution is 6.28. The van der Waals surface area contributed by atoms with Gasteiger partial charge in [0, 0.05) is 23.6 Å². The second-order valence-corrected chi connectivity index (χ2v) is 5.43. The largest absolute Gasteiger partial charge is 0.283 e. The summed E-state index contributed by atoms with van der Waals surface area (Å²) in [6, 6.07) is 8.08. The monoisotopic (exact) mass is 322 g/mol. The number of imidazole rings is 1. The minimum absolute atomic E-state index is 0.158. The number of rotatable bonds is 2. The zero-order valence-electron chi connectivity index (χ0n) is 12.2. The highest BCUT2D eigenvalue weighted by Crippen LogP contribution is 2.27. The Hall–Kier alpha value is -2.86. The van der Waals surface area contributed by atoms with Crippen LogP contribution in [0.1, 0.15) is 5.56 Å². The molecular weight excluding hydrogens is 312 g/mol. The first kappa shape index (κ1) is 13.8. The Morgan fingerprint density at radius 3 is 2.70 bits per heavy atom. The average Bonchev–Trinajstić information content (AvgIpc) is 2.98. The minimum Gasteiger partial charge on any atom is -0.283 e. The van der Waals surface area contributed by atoms with E-state index in [2.05, 4.69) is 31.0 Å². The van der Waals surface area contributed by atoms with E-state index in [1.807, 2.05) is 29.7 Å². The van der Waals surface area contributed by atoms with Crippen LogP contribution < -0.4 is 0 Å². The van der Waals surface area contributed by atoms with Crippen molar-refractivity contribution < 1.29 is 0 Å². The molecule has 4 aromatic rings. The molecule has 23 heavy (non-hydrogen) atoms. The lowest BCUT2D eigenvalue weighted by Crippen LogP contribution is -1.97. The molecule has 0 atom stereocenters. The second kappa shape index (κ2) is 5.40. The van der Waals surface area contributed by atoms with Crippen molar-refractivity contribution in [1.29, 1.82) is 0 Å². The van der Waals surface area contributed by atoms with Gasteiger partial charge in [-0.15, -0.1) is 0 Å². The van der Waals surface area contributed by atoms with E-state index in [4.69, 9.17) is 11.6 Å². The van der Waals surface area contributed by atoms with Crippen molar-refractivity contribution in [2.75, 3.05) is 0 Å². The zero-order valence-corrected chi connectivity index (χ0v) is 12.9. The first-order chi connectivity index (χ1) is 11.2. The fourth-order valence-electron chi connectivity index (χ4n) is 2.46. The molecule has 112 valence electrons. The second-order valence-electron chi connectivity index (χ2n) is 5.09. The van der Waals surface area contributed by atoms with Gasteiger partial charge in [-0.25, -0.2) is 19.9 Å². The van der Waals surface area contributed by atoms with Gasteiger partial charge in [0.2, 0.25) is 5.28 Å². The molecular formula is C16H11ClN6. The summed E-state index contributed by atoms with van der Waals surface area (Å²) in [4.78, 5) is 21.2. The van der Waals surface area contributed by atoms with Crippen LogP contribution in [-0.2, 0) is 0 Å². The molecule has 3 aromatic heterocycles. The quantitative estimate of drug-likeness (QED) is 0.530. The maximum Gasteiger partial charge on any atom is 0.225 e. The molecule has 0 unspecified atom stereocenters. The van der Waals surface area contributed by atoms with Crippen LogP contribution in [-0.4, -0.2) is 29.5 Å². The number of fused-ring (bicyclic) bond motifs is 1. The van der Waals surface area contributed by atoms with Gasteiger partial charge in [-0.3, -0.25) is 4.57 Å². The summed E-state index contributed by atoms with van der Waals surface area (Å²) in [5.74, 6) is 0. The summed E-state index contributed by atoms with van der Waals surface area (Å²) in [5, 5.41) is 0.158. The number of hydrogen-bond donors (Lipinski definition) is 0. The third kappa shape index (κ3) is 2.43. The smallest absolute Gasteiger partial charge is 0.225 e. The lowest BCUT2D eigenvalue weighted by atomic mass is 10.2. The van der Waals surface area contributed by atoms with E-state index in [0.29, 0.717) is 16.9 Å². The van der Waals surface area contributed by atoms with Crippen molar-refractivity contribution in [2.45, 2.75) is 6.92 Å². The van der Waals surface area contributed by atoms with Crippen molar-refractivity contribution >= 4 is 22.8 Å². The molecule has 0 saturated carbocycles. The van der Waals surface area contributed by atoms with E-state index in [9.17, 15) is 0 Å². The summed E-state index contributed by atoms with van der Waals surface area (Å²) in [5.41, 5.74) is 4.79. The lowest BCUT2D eigenvalue weighted by molar-refractivity contribution is 1.06. The fraction of sp³-hybridized carbons (Fsp3) is 0.0625. The molecule has 6 nitrogen and oxygen atoms in total. The van der Waals surface area contributed by atoms with Crippen molar-refractivity contribution in [2.24, 2.45) is 0 Å². The highest BCUT2D eigenvalue weighted by atomic mass is 35.5. The third-order valence-corrected chi connectivity index (χ3v) is 3.65. The summed E-state index contributed by atoms with van der Waals surface area (Å²) >= 11 is 6.12. The number of hydrogen-bond acceptors (Lipinski definition) is 5. The Balaban J connectivity index is 1.99. The number of benzene rings is 1. The zero-order chi connectivity index (χ0) is 15.8. The predicted octanol–water partition coefficient (Wildman–Crippen LogP) is 3.23. The molecule has 0 bridgehead atoms. The van der Waals surface area contributed by atoms with E-state index in [1.54, 1.807) is 18.7 Å². The van der Waals surface area contributed by atoms with Gasteiger partial charge >= 0.3 is 0 Å². The van der Waals surface area contributed by atoms with Crippen LogP contribution in [0.15, 0.2) is 49.3 Å². The summed E-state index contributed by atoms with van der Waals surface area (Å²) in [6.07, 6.45) is 6.54. The Labute approximate surface area is 136 Å². The van der Waals surface area contributed by atoms with Crippen molar-refractivity contribution in [3.05, 3.63) is 60.2 Å². The number of aryl methyl sites for hydroxylation is 1. The van der Waals surface area contributed by atoms with E-state index < -0.39 is 0 Å². The van der Waals surface area contributed by atoms with Gasteiger partial charge in [0.05, 0.1) is 0 Å². The Bertz CT molecular complexity index is 996. The molecule has 4 rings (SSSR count). The summed E-state index contributed by atoms with van der Waals surface area (Å²) in [7, 11) is 0. The van der Waals surface area contributed by atoms with Gasteiger partial charge in [-0.05, 0) is 36.2 Å². The molecule has 3 heterocycles. The fourth-order valence-corrected chi connectivity index (χ4v) is 2.63. The van der Waals surface area contributed by atoms with Gasteiger partial charge in [-0.1, -0.05) is 12.1 Å². The first-order valence-corrected chi connectivity index (χ1v) is 7.33. The van der Waals surface area contributed by atoms with Gasteiger partial charge < -0.3 is 0 Å². The molecule has 0 saturated heterocycles. The van der Waals surface area contributed by atoms with Gasteiger partial charge in [0.15, 0.2) is 5.65 Å². The Morgan fingerprint density at radius 2 is 1.91 bits per heavy atom. The molecule has 0 aliphatic rings. The molecule has 0 aliphatic heterocycles. The molecule has 0 N–H and O–H groups in total. The Kier molecular flexibility index (Phi) is 3.24. The lowest BCUT2D eigenvalue weighted by Gasteiger charge is -2.06. The number of halogens is 1. The SMILES string of the molecule is Cc1cccc(-n2cnc3c(-c4cncnc4)nc(Cl)nc32)c1. The maximum absolute atomic E-state index is 6.12. The summed E-state index contributed by atoms with van der Waals surface area (Å²) < 4.78 is 1.89. The van der Waals surface area contributed by atoms with E-state index in [1.165, 1.54) is 6.33 Å². The average molecular weight is 323 g/mol. The van der Waals surface area contributed by atoms with Crippen LogP contribution in [0.4, 0.5) is 0 Å². The normalized spacial score (nSPS) is 11.0. The molecule has 7 heteroatoms. The van der Waals surface area contributed by atoms with E-state index in [0.717, 1.165) is 16.8 Å². The van der Waals surface area contributed by atoms with Gasteiger partial charge in [-0.2, -0.15) is 4.98 Å². The molecule has 1 aromatic carbocycles. The molecule has 0 aliphatic carbocycles. The van der Waals surface area contributed by atoms with E-state index >= 15 is 0 Å². The predicted molar refractivity (Wildman–Crippen MR) is 87.4 cm³/mol. The van der Waals surface area contributed by atoms with Crippen LogP contribution in [0, 0.1) is 6.92 Å². The minimum atomic E-state index is 0.158. The number of nitrogens with zero attached hydrogens (tertiary/aromatic N) is 6. The standard InChI is InChI=1S/C16H11ClN6/c1-10-3-2-4-12(5-10)23-9-20-14-13(11-6-18-8-19-7-11)21-16(17)22-15(14)23/h2-9H,1H3. The first-order valence-electron chi connectivity index (χ1n) is 6.95. The van der Waals surface area contributed by atoms with Crippen molar-refractivity contribution in [1.82, 2.24) is 29.5 Å². The third-order valence-electron chi connectivity index (χ3n) is 3.48. The number of aromatic nitrogens is 6. The van der Waals surface area contributed by atoms with Gasteiger partial charge in [0.1, 0.15) is 23.9 Å². The molecule has 0 radical (unpaired) electrons. The van der Waals surface area contributed by atoms with Gasteiger partial charge in [0.25, 0.3) is 0 Å². The van der Waals surface area contributed by atoms with Crippen LogP contribution in [0.3, 0.4) is 0 Å². The molecule has 0 amide bonds. The Morgan fingerprint density at radius 1 is 1.09 bits per heavy atom. The summed E-state index contributed by atoms with van der Waals surface area (Å²) in [6.45, 7) is 2.04.